The van der Waals surface area contributed by atoms with E-state index in [2.05, 4.69) is 5.32 Å². The molecule has 0 radical (unpaired) electrons. The van der Waals surface area contributed by atoms with E-state index in [9.17, 15) is 4.39 Å². The summed E-state index contributed by atoms with van der Waals surface area (Å²) in [6.45, 7) is 2.70. The smallest absolute Gasteiger partial charge is 0.169 e. The standard InChI is InChI=1S/C13H16FNO3/c1-16-12-9(14)6-10-13(18-5-4-17-10)11(12)8-2-3-15-7-8/h6,8,15H,2-5,7H2,1H3. The Hall–Kier alpha value is -1.49. The minimum atomic E-state index is -0.386. The van der Waals surface area contributed by atoms with Crippen LogP contribution in [0.1, 0.15) is 17.9 Å². The molecule has 1 N–H and O–H groups in total. The van der Waals surface area contributed by atoms with Gasteiger partial charge in [-0.05, 0) is 13.0 Å². The van der Waals surface area contributed by atoms with Crippen LogP contribution < -0.4 is 19.5 Å². The number of halogens is 1. The van der Waals surface area contributed by atoms with Crippen molar-refractivity contribution in [2.24, 2.45) is 0 Å². The monoisotopic (exact) mass is 253 g/mol. The van der Waals surface area contributed by atoms with Crippen molar-refractivity contribution in [1.82, 2.24) is 5.32 Å². The van der Waals surface area contributed by atoms with Gasteiger partial charge in [-0.2, -0.15) is 0 Å². The Bertz CT molecular complexity index is 458. The molecule has 1 saturated heterocycles. The number of fused-ring (bicyclic) bond motifs is 1. The Morgan fingerprint density at radius 1 is 1.39 bits per heavy atom. The average molecular weight is 253 g/mol. The van der Waals surface area contributed by atoms with Gasteiger partial charge in [0.15, 0.2) is 23.1 Å². The van der Waals surface area contributed by atoms with E-state index in [0.29, 0.717) is 24.7 Å². The normalized spacial score (nSPS) is 22.0. The van der Waals surface area contributed by atoms with E-state index in [0.717, 1.165) is 25.1 Å². The van der Waals surface area contributed by atoms with E-state index in [4.69, 9.17) is 14.2 Å². The molecule has 4 nitrogen and oxygen atoms in total. The van der Waals surface area contributed by atoms with Gasteiger partial charge in [0.1, 0.15) is 13.2 Å². The van der Waals surface area contributed by atoms with Gasteiger partial charge in [-0.3, -0.25) is 0 Å². The Morgan fingerprint density at radius 3 is 2.94 bits per heavy atom. The molecule has 2 aliphatic heterocycles. The van der Waals surface area contributed by atoms with E-state index in [1.807, 2.05) is 0 Å². The summed E-state index contributed by atoms with van der Waals surface area (Å²) < 4.78 is 30.4. The van der Waals surface area contributed by atoms with Crippen LogP contribution in [0.3, 0.4) is 0 Å². The van der Waals surface area contributed by atoms with E-state index in [1.165, 1.54) is 13.2 Å². The van der Waals surface area contributed by atoms with Gasteiger partial charge in [-0.15, -0.1) is 0 Å². The van der Waals surface area contributed by atoms with Crippen LogP contribution in [-0.4, -0.2) is 33.4 Å². The van der Waals surface area contributed by atoms with Gasteiger partial charge < -0.3 is 19.5 Å². The third-order valence-electron chi connectivity index (χ3n) is 3.45. The quantitative estimate of drug-likeness (QED) is 0.870. The largest absolute Gasteiger partial charge is 0.493 e. The Morgan fingerprint density at radius 2 is 2.22 bits per heavy atom. The summed E-state index contributed by atoms with van der Waals surface area (Å²) in [4.78, 5) is 0. The summed E-state index contributed by atoms with van der Waals surface area (Å²) in [6.07, 6.45) is 0.954. The lowest BCUT2D eigenvalue weighted by Gasteiger charge is -2.25. The minimum Gasteiger partial charge on any atom is -0.493 e. The van der Waals surface area contributed by atoms with Crippen LogP contribution in [0.2, 0.25) is 0 Å². The predicted molar refractivity (Wildman–Crippen MR) is 64.2 cm³/mol. The van der Waals surface area contributed by atoms with Crippen molar-refractivity contribution in [2.45, 2.75) is 12.3 Å². The first kappa shape index (κ1) is 11.6. The van der Waals surface area contributed by atoms with Crippen molar-refractivity contribution in [3.05, 3.63) is 17.4 Å². The molecule has 0 aromatic heterocycles. The lowest BCUT2D eigenvalue weighted by Crippen LogP contribution is -2.19. The number of hydrogen-bond donors (Lipinski definition) is 1. The summed E-state index contributed by atoms with van der Waals surface area (Å²) in [6, 6.07) is 1.35. The molecule has 1 atom stereocenters. The molecule has 5 heteroatoms. The molecule has 0 aliphatic carbocycles. The van der Waals surface area contributed by atoms with Crippen LogP contribution in [0.4, 0.5) is 4.39 Å². The molecule has 18 heavy (non-hydrogen) atoms. The van der Waals surface area contributed by atoms with Crippen LogP contribution >= 0.6 is 0 Å². The topological polar surface area (TPSA) is 39.7 Å². The van der Waals surface area contributed by atoms with Crippen molar-refractivity contribution in [1.29, 1.82) is 0 Å². The van der Waals surface area contributed by atoms with E-state index in [1.54, 1.807) is 0 Å². The first-order valence-corrected chi connectivity index (χ1v) is 6.18. The van der Waals surface area contributed by atoms with Crippen molar-refractivity contribution in [3.63, 3.8) is 0 Å². The van der Waals surface area contributed by atoms with E-state index >= 15 is 0 Å². The fourth-order valence-electron chi connectivity index (χ4n) is 2.64. The zero-order valence-corrected chi connectivity index (χ0v) is 10.3. The molecule has 0 amide bonds. The highest BCUT2D eigenvalue weighted by Crippen LogP contribution is 2.46. The summed E-state index contributed by atoms with van der Waals surface area (Å²) in [7, 11) is 1.49. The highest BCUT2D eigenvalue weighted by atomic mass is 19.1. The maximum Gasteiger partial charge on any atom is 0.169 e. The second kappa shape index (κ2) is 4.65. The van der Waals surface area contributed by atoms with Gasteiger partial charge in [-0.25, -0.2) is 4.39 Å². The molecule has 1 unspecified atom stereocenters. The van der Waals surface area contributed by atoms with Crippen LogP contribution in [0, 0.1) is 5.82 Å². The van der Waals surface area contributed by atoms with Gasteiger partial charge in [0.05, 0.1) is 7.11 Å². The van der Waals surface area contributed by atoms with Crippen LogP contribution in [-0.2, 0) is 0 Å². The van der Waals surface area contributed by atoms with Crippen molar-refractivity contribution < 1.29 is 18.6 Å². The lowest BCUT2D eigenvalue weighted by molar-refractivity contribution is 0.166. The molecular weight excluding hydrogens is 237 g/mol. The molecule has 2 aliphatic rings. The maximum absolute atomic E-state index is 14.0. The molecule has 0 bridgehead atoms. The van der Waals surface area contributed by atoms with E-state index in [-0.39, 0.29) is 17.5 Å². The SMILES string of the molecule is COc1c(F)cc2c(c1C1CCNC1)OCCO2. The second-order valence-electron chi connectivity index (χ2n) is 4.52. The summed E-state index contributed by atoms with van der Waals surface area (Å²) >= 11 is 0. The number of rotatable bonds is 2. The molecule has 98 valence electrons. The van der Waals surface area contributed by atoms with Crippen molar-refractivity contribution >= 4 is 0 Å². The molecule has 0 spiro atoms. The minimum absolute atomic E-state index is 0.214. The molecule has 1 fully saturated rings. The Labute approximate surface area is 105 Å². The van der Waals surface area contributed by atoms with Crippen molar-refractivity contribution in [3.8, 4) is 17.2 Å². The number of ether oxygens (including phenoxy) is 3. The van der Waals surface area contributed by atoms with Crippen molar-refractivity contribution in [2.75, 3.05) is 33.4 Å². The highest BCUT2D eigenvalue weighted by Gasteiger charge is 2.30. The molecule has 0 saturated carbocycles. The van der Waals surface area contributed by atoms with Gasteiger partial charge in [0, 0.05) is 24.1 Å². The number of nitrogens with one attached hydrogen (secondary N) is 1. The fourth-order valence-corrected chi connectivity index (χ4v) is 2.64. The second-order valence-corrected chi connectivity index (χ2v) is 4.52. The summed E-state index contributed by atoms with van der Waals surface area (Å²) in [5, 5.41) is 3.27. The zero-order valence-electron chi connectivity index (χ0n) is 10.3. The number of hydrogen-bond acceptors (Lipinski definition) is 4. The maximum atomic E-state index is 14.0. The first-order valence-electron chi connectivity index (χ1n) is 6.18. The third-order valence-corrected chi connectivity index (χ3v) is 3.45. The van der Waals surface area contributed by atoms with Gasteiger partial charge in [0.25, 0.3) is 0 Å². The Kier molecular flexibility index (Phi) is 2.99. The van der Waals surface area contributed by atoms with Crippen LogP contribution in [0.15, 0.2) is 6.07 Å². The molecule has 2 heterocycles. The van der Waals surface area contributed by atoms with Gasteiger partial charge in [-0.1, -0.05) is 0 Å². The van der Waals surface area contributed by atoms with Crippen LogP contribution in [0.25, 0.3) is 0 Å². The molecule has 3 rings (SSSR count). The molecular formula is C13H16FNO3. The zero-order chi connectivity index (χ0) is 12.5. The van der Waals surface area contributed by atoms with Crippen LogP contribution in [0.5, 0.6) is 17.2 Å². The summed E-state index contributed by atoms with van der Waals surface area (Å²) in [5.74, 6) is 1.25. The number of benzene rings is 1. The molecule has 1 aromatic carbocycles. The predicted octanol–water partition coefficient (Wildman–Crippen LogP) is 1.68. The Balaban J connectivity index is 2.14. The fraction of sp³-hybridized carbons (Fsp3) is 0.538. The number of methoxy groups -OCH3 is 1. The molecule has 1 aromatic rings. The summed E-state index contributed by atoms with van der Waals surface area (Å²) in [5.41, 5.74) is 0.803. The lowest BCUT2D eigenvalue weighted by atomic mass is 9.95. The first-order chi connectivity index (χ1) is 8.81. The van der Waals surface area contributed by atoms with E-state index < -0.39 is 0 Å². The van der Waals surface area contributed by atoms with Gasteiger partial charge >= 0.3 is 0 Å². The highest BCUT2D eigenvalue weighted by molar-refractivity contribution is 5.57. The van der Waals surface area contributed by atoms with Gasteiger partial charge in [0.2, 0.25) is 0 Å². The average Bonchev–Trinajstić information content (AvgIpc) is 2.90. The third kappa shape index (κ3) is 1.79.